The van der Waals surface area contributed by atoms with Gasteiger partial charge in [-0.2, -0.15) is 0 Å². The number of ether oxygens (including phenoxy) is 3. The molecule has 1 heterocycles. The molecule has 194 valence electrons. The fourth-order valence-electron chi connectivity index (χ4n) is 3.74. The van der Waals surface area contributed by atoms with Gasteiger partial charge < -0.3 is 29.1 Å². The maximum absolute atomic E-state index is 12.4. The standard InChI is InChI=1S/C26H26N2O8S/c1-27-26(30)36-25-20-15-23(33-2)21(28(13-14-29)37(3,31)32)16-22(20)35-24(25)17-9-11-19(12-10-17)34-18-7-5-4-6-8-18/h4-12,15-16,29H,13-14H2,1-3H3,(H,27,30). The smallest absolute Gasteiger partial charge is 0.412 e. The van der Waals surface area contributed by atoms with Crippen LogP contribution >= 0.6 is 0 Å². The van der Waals surface area contributed by atoms with Crippen LogP contribution in [0.25, 0.3) is 22.3 Å². The quantitative estimate of drug-likeness (QED) is 0.329. The number of para-hydroxylation sites is 1. The lowest BCUT2D eigenvalue weighted by molar-refractivity contribution is 0.203. The van der Waals surface area contributed by atoms with E-state index in [0.717, 1.165) is 10.6 Å². The molecule has 11 heteroatoms. The highest BCUT2D eigenvalue weighted by Crippen LogP contribution is 2.45. The van der Waals surface area contributed by atoms with Crippen LogP contribution in [0, 0.1) is 0 Å². The molecule has 0 saturated carbocycles. The molecule has 1 aromatic heterocycles. The van der Waals surface area contributed by atoms with E-state index in [1.807, 2.05) is 30.3 Å². The van der Waals surface area contributed by atoms with E-state index >= 15 is 0 Å². The monoisotopic (exact) mass is 526 g/mol. The SMILES string of the molecule is CNC(=O)Oc1c(-c2ccc(Oc3ccccc3)cc2)oc2cc(N(CCO)S(C)(=O)=O)c(OC)cc12. The Morgan fingerprint density at radius 2 is 1.73 bits per heavy atom. The predicted octanol–water partition coefficient (Wildman–Crippen LogP) is 4.38. The number of methoxy groups -OCH3 is 1. The molecular formula is C26H26N2O8S. The van der Waals surface area contributed by atoms with Crippen molar-refractivity contribution in [2.24, 2.45) is 0 Å². The molecule has 1 amide bonds. The Labute approximate surface area is 214 Å². The van der Waals surface area contributed by atoms with Gasteiger partial charge in [0.2, 0.25) is 10.0 Å². The molecule has 3 aromatic carbocycles. The highest BCUT2D eigenvalue weighted by Gasteiger charge is 2.26. The molecule has 10 nitrogen and oxygen atoms in total. The Balaban J connectivity index is 1.83. The number of rotatable bonds is 9. The molecule has 37 heavy (non-hydrogen) atoms. The van der Waals surface area contributed by atoms with Crippen molar-refractivity contribution in [1.29, 1.82) is 0 Å². The first-order valence-electron chi connectivity index (χ1n) is 11.2. The van der Waals surface area contributed by atoms with Gasteiger partial charge >= 0.3 is 6.09 Å². The number of anilines is 1. The topological polar surface area (TPSA) is 128 Å². The zero-order valence-electron chi connectivity index (χ0n) is 20.4. The van der Waals surface area contributed by atoms with Gasteiger partial charge in [-0.1, -0.05) is 18.2 Å². The number of hydrogen-bond donors (Lipinski definition) is 2. The van der Waals surface area contributed by atoms with Crippen LogP contribution in [-0.4, -0.2) is 53.2 Å². The maximum Gasteiger partial charge on any atom is 0.412 e. The first kappa shape index (κ1) is 25.9. The van der Waals surface area contributed by atoms with Crippen LogP contribution in [0.5, 0.6) is 23.0 Å². The van der Waals surface area contributed by atoms with Crippen LogP contribution in [-0.2, 0) is 10.0 Å². The summed E-state index contributed by atoms with van der Waals surface area (Å²) < 4.78 is 48.7. The summed E-state index contributed by atoms with van der Waals surface area (Å²) >= 11 is 0. The van der Waals surface area contributed by atoms with E-state index in [-0.39, 0.29) is 35.1 Å². The molecule has 4 rings (SSSR count). The summed E-state index contributed by atoms with van der Waals surface area (Å²) in [6.07, 6.45) is 0.313. The summed E-state index contributed by atoms with van der Waals surface area (Å²) in [5.41, 5.74) is 1.01. The van der Waals surface area contributed by atoms with Crippen molar-refractivity contribution in [1.82, 2.24) is 5.32 Å². The second-order valence-corrected chi connectivity index (χ2v) is 9.83. The van der Waals surface area contributed by atoms with E-state index in [0.29, 0.717) is 22.4 Å². The molecule has 2 N–H and O–H groups in total. The minimum atomic E-state index is -3.75. The van der Waals surface area contributed by atoms with Crippen LogP contribution in [0.2, 0.25) is 0 Å². The van der Waals surface area contributed by atoms with Gasteiger partial charge in [-0.3, -0.25) is 4.31 Å². The van der Waals surface area contributed by atoms with Crippen molar-refractivity contribution in [3.63, 3.8) is 0 Å². The summed E-state index contributed by atoms with van der Waals surface area (Å²) in [6, 6.07) is 19.3. The second-order valence-electron chi connectivity index (χ2n) is 7.92. The molecule has 0 fully saturated rings. The highest BCUT2D eigenvalue weighted by atomic mass is 32.2. The average molecular weight is 527 g/mol. The van der Waals surface area contributed by atoms with Crippen molar-refractivity contribution < 1.29 is 36.9 Å². The number of aliphatic hydroxyl groups excluding tert-OH is 1. The number of aliphatic hydroxyl groups is 1. The van der Waals surface area contributed by atoms with Gasteiger partial charge in [0.25, 0.3) is 0 Å². The lowest BCUT2D eigenvalue weighted by atomic mass is 10.1. The fourth-order valence-corrected chi connectivity index (χ4v) is 4.65. The minimum Gasteiger partial charge on any atom is -0.495 e. The van der Waals surface area contributed by atoms with Crippen molar-refractivity contribution in [3.05, 3.63) is 66.7 Å². The molecular weight excluding hydrogens is 500 g/mol. The third-order valence-electron chi connectivity index (χ3n) is 5.41. The number of carbonyl (C=O) groups excluding carboxylic acids is 1. The van der Waals surface area contributed by atoms with Gasteiger partial charge in [0.1, 0.15) is 22.8 Å². The van der Waals surface area contributed by atoms with Gasteiger partial charge in [0.15, 0.2) is 11.5 Å². The molecule has 0 unspecified atom stereocenters. The van der Waals surface area contributed by atoms with E-state index < -0.39 is 22.7 Å². The molecule has 0 bridgehead atoms. The summed E-state index contributed by atoms with van der Waals surface area (Å²) in [5.74, 6) is 1.84. The average Bonchev–Trinajstić information content (AvgIpc) is 3.23. The Morgan fingerprint density at radius 1 is 1.05 bits per heavy atom. The molecule has 0 atom stereocenters. The van der Waals surface area contributed by atoms with Crippen LogP contribution in [0.1, 0.15) is 0 Å². The predicted molar refractivity (Wildman–Crippen MR) is 139 cm³/mol. The van der Waals surface area contributed by atoms with Crippen LogP contribution in [0.3, 0.4) is 0 Å². The number of benzene rings is 3. The van der Waals surface area contributed by atoms with Gasteiger partial charge in [-0.05, 0) is 42.5 Å². The normalized spacial score (nSPS) is 11.2. The molecule has 0 aliphatic carbocycles. The highest BCUT2D eigenvalue weighted by molar-refractivity contribution is 7.92. The lowest BCUT2D eigenvalue weighted by Gasteiger charge is -2.23. The Kier molecular flexibility index (Phi) is 7.55. The van der Waals surface area contributed by atoms with Crippen molar-refractivity contribution >= 4 is 32.8 Å². The zero-order valence-corrected chi connectivity index (χ0v) is 21.2. The maximum atomic E-state index is 12.4. The van der Waals surface area contributed by atoms with Crippen LogP contribution < -0.4 is 23.8 Å². The van der Waals surface area contributed by atoms with Crippen LogP contribution in [0.15, 0.2) is 71.1 Å². The number of furan rings is 1. The second kappa shape index (κ2) is 10.8. The van der Waals surface area contributed by atoms with E-state index in [1.165, 1.54) is 26.3 Å². The van der Waals surface area contributed by atoms with Crippen molar-refractivity contribution in [3.8, 4) is 34.3 Å². The van der Waals surface area contributed by atoms with E-state index in [2.05, 4.69) is 5.32 Å². The van der Waals surface area contributed by atoms with Gasteiger partial charge in [-0.15, -0.1) is 0 Å². The molecule has 0 aliphatic rings. The number of amides is 1. The number of nitrogens with zero attached hydrogens (tertiary/aromatic N) is 1. The third kappa shape index (κ3) is 5.63. The van der Waals surface area contributed by atoms with Crippen LogP contribution in [0.4, 0.5) is 10.5 Å². The molecule has 4 aromatic rings. The fraction of sp³-hybridized carbons (Fsp3) is 0.192. The number of hydrogen-bond acceptors (Lipinski definition) is 8. The molecule has 0 spiro atoms. The largest absolute Gasteiger partial charge is 0.495 e. The zero-order chi connectivity index (χ0) is 26.6. The lowest BCUT2D eigenvalue weighted by Crippen LogP contribution is -2.32. The van der Waals surface area contributed by atoms with E-state index in [4.69, 9.17) is 18.6 Å². The van der Waals surface area contributed by atoms with Gasteiger partial charge in [-0.25, -0.2) is 13.2 Å². The number of fused-ring (bicyclic) bond motifs is 1. The van der Waals surface area contributed by atoms with E-state index in [9.17, 15) is 18.3 Å². The molecule has 0 radical (unpaired) electrons. The number of carbonyl (C=O) groups is 1. The van der Waals surface area contributed by atoms with E-state index in [1.54, 1.807) is 24.3 Å². The molecule has 0 aliphatic heterocycles. The Hall–Kier alpha value is -4.22. The number of nitrogens with one attached hydrogen (secondary N) is 1. The molecule has 0 saturated heterocycles. The Morgan fingerprint density at radius 3 is 2.32 bits per heavy atom. The minimum absolute atomic E-state index is 0.129. The number of sulfonamides is 1. The van der Waals surface area contributed by atoms with Gasteiger partial charge in [0, 0.05) is 18.7 Å². The summed E-state index contributed by atoms with van der Waals surface area (Å²) in [6.45, 7) is -0.584. The summed E-state index contributed by atoms with van der Waals surface area (Å²) in [5, 5.41) is 12.2. The summed E-state index contributed by atoms with van der Waals surface area (Å²) in [4.78, 5) is 12.2. The first-order chi connectivity index (χ1) is 17.7. The summed E-state index contributed by atoms with van der Waals surface area (Å²) in [7, 11) is -0.935. The van der Waals surface area contributed by atoms with Crippen molar-refractivity contribution in [2.45, 2.75) is 0 Å². The third-order valence-corrected chi connectivity index (χ3v) is 6.59. The Bertz CT molecular complexity index is 1500. The van der Waals surface area contributed by atoms with Crippen molar-refractivity contribution in [2.75, 3.05) is 37.9 Å². The first-order valence-corrected chi connectivity index (χ1v) is 13.1. The van der Waals surface area contributed by atoms with Gasteiger partial charge in [0.05, 0.1) is 37.6 Å².